The number of carbonyl (C=O) groups is 1. The van der Waals surface area contributed by atoms with E-state index in [9.17, 15) is 9.59 Å². The zero-order valence-corrected chi connectivity index (χ0v) is 10.4. The third-order valence-electron chi connectivity index (χ3n) is 2.67. The van der Waals surface area contributed by atoms with Crippen molar-refractivity contribution in [3.63, 3.8) is 0 Å². The molecular weight excluding hydrogens is 264 g/mol. The molecule has 0 aliphatic carbocycles. The zero-order chi connectivity index (χ0) is 13.4. The van der Waals surface area contributed by atoms with Crippen molar-refractivity contribution in [2.24, 2.45) is 0 Å². The number of rotatable bonds is 2. The maximum atomic E-state index is 12.0. The SMILES string of the molecule is O=C(O)c1cc2oc(-c3ccccc3)cc(=O)c2s1. The monoisotopic (exact) mass is 272 g/mol. The maximum Gasteiger partial charge on any atom is 0.346 e. The van der Waals surface area contributed by atoms with Crippen LogP contribution in [0.2, 0.25) is 0 Å². The Hall–Kier alpha value is -2.40. The van der Waals surface area contributed by atoms with Gasteiger partial charge in [-0.05, 0) is 0 Å². The summed E-state index contributed by atoms with van der Waals surface area (Å²) < 4.78 is 5.94. The molecule has 0 aliphatic rings. The van der Waals surface area contributed by atoms with Gasteiger partial charge in [0.25, 0.3) is 0 Å². The van der Waals surface area contributed by atoms with E-state index in [1.807, 2.05) is 30.3 Å². The minimum absolute atomic E-state index is 0.0982. The van der Waals surface area contributed by atoms with Gasteiger partial charge >= 0.3 is 5.97 Å². The van der Waals surface area contributed by atoms with Gasteiger partial charge in [0, 0.05) is 17.7 Å². The van der Waals surface area contributed by atoms with Crippen molar-refractivity contribution in [1.29, 1.82) is 0 Å². The first kappa shape index (κ1) is 11.7. The Morgan fingerprint density at radius 3 is 2.58 bits per heavy atom. The highest BCUT2D eigenvalue weighted by molar-refractivity contribution is 7.20. The molecule has 0 fully saturated rings. The number of hydrogen-bond donors (Lipinski definition) is 1. The van der Waals surface area contributed by atoms with Crippen LogP contribution in [0.4, 0.5) is 0 Å². The molecule has 0 saturated heterocycles. The number of aromatic carboxylic acids is 1. The van der Waals surface area contributed by atoms with E-state index in [2.05, 4.69) is 0 Å². The number of benzene rings is 1. The fourth-order valence-electron chi connectivity index (χ4n) is 1.80. The lowest BCUT2D eigenvalue weighted by Gasteiger charge is -1.99. The molecule has 0 aliphatic heterocycles. The van der Waals surface area contributed by atoms with Crippen LogP contribution in [0.25, 0.3) is 21.6 Å². The van der Waals surface area contributed by atoms with E-state index in [4.69, 9.17) is 9.52 Å². The van der Waals surface area contributed by atoms with Crippen molar-refractivity contribution in [2.75, 3.05) is 0 Å². The molecule has 0 saturated carbocycles. The average Bonchev–Trinajstić information content (AvgIpc) is 2.84. The molecular formula is C14H8O4S. The molecule has 0 unspecified atom stereocenters. The molecule has 4 nitrogen and oxygen atoms in total. The van der Waals surface area contributed by atoms with E-state index in [0.29, 0.717) is 16.0 Å². The van der Waals surface area contributed by atoms with E-state index < -0.39 is 5.97 Å². The van der Waals surface area contributed by atoms with Gasteiger partial charge in [-0.1, -0.05) is 30.3 Å². The molecule has 2 heterocycles. The first-order valence-corrected chi connectivity index (χ1v) is 6.33. The molecule has 3 rings (SSSR count). The van der Waals surface area contributed by atoms with Crippen LogP contribution in [0.1, 0.15) is 9.67 Å². The number of carboxylic acid groups (broad SMARTS) is 1. The normalized spacial score (nSPS) is 10.7. The van der Waals surface area contributed by atoms with E-state index in [1.54, 1.807) is 0 Å². The molecule has 0 atom stereocenters. The van der Waals surface area contributed by atoms with Crippen LogP contribution in [-0.2, 0) is 0 Å². The Kier molecular flexibility index (Phi) is 2.68. The first-order chi connectivity index (χ1) is 9.15. The summed E-state index contributed by atoms with van der Waals surface area (Å²) in [5, 5.41) is 8.93. The molecule has 19 heavy (non-hydrogen) atoms. The minimum Gasteiger partial charge on any atom is -0.477 e. The van der Waals surface area contributed by atoms with Crippen molar-refractivity contribution in [3.8, 4) is 11.3 Å². The van der Waals surface area contributed by atoms with Crippen molar-refractivity contribution in [2.45, 2.75) is 0 Å². The fourth-order valence-corrected chi connectivity index (χ4v) is 2.64. The quantitative estimate of drug-likeness (QED) is 0.777. The van der Waals surface area contributed by atoms with Gasteiger partial charge < -0.3 is 9.52 Å². The smallest absolute Gasteiger partial charge is 0.346 e. The molecule has 94 valence electrons. The summed E-state index contributed by atoms with van der Waals surface area (Å²) in [6.45, 7) is 0. The molecule has 0 radical (unpaired) electrons. The van der Waals surface area contributed by atoms with Crippen LogP contribution in [0.5, 0.6) is 0 Å². The highest BCUT2D eigenvalue weighted by Gasteiger charge is 2.14. The lowest BCUT2D eigenvalue weighted by Crippen LogP contribution is -1.97. The summed E-state index contributed by atoms with van der Waals surface area (Å²) in [6.07, 6.45) is 0. The topological polar surface area (TPSA) is 67.5 Å². The Morgan fingerprint density at radius 2 is 1.89 bits per heavy atom. The van der Waals surface area contributed by atoms with Crippen LogP contribution in [-0.4, -0.2) is 11.1 Å². The van der Waals surface area contributed by atoms with E-state index in [1.165, 1.54) is 12.1 Å². The van der Waals surface area contributed by atoms with Crippen LogP contribution in [0.15, 0.2) is 51.7 Å². The van der Waals surface area contributed by atoms with Crippen LogP contribution in [0.3, 0.4) is 0 Å². The van der Waals surface area contributed by atoms with E-state index in [-0.39, 0.29) is 10.3 Å². The molecule has 0 amide bonds. The number of hydrogen-bond acceptors (Lipinski definition) is 4. The third kappa shape index (κ3) is 2.04. The van der Waals surface area contributed by atoms with E-state index >= 15 is 0 Å². The summed E-state index contributed by atoms with van der Waals surface area (Å²) in [7, 11) is 0. The highest BCUT2D eigenvalue weighted by Crippen LogP contribution is 2.27. The Morgan fingerprint density at radius 1 is 1.16 bits per heavy atom. The van der Waals surface area contributed by atoms with Crippen molar-refractivity contribution >= 4 is 27.6 Å². The average molecular weight is 272 g/mol. The standard InChI is InChI=1S/C14H8O4S/c15-9-6-10(8-4-2-1-3-5-8)18-11-7-12(14(16)17)19-13(9)11/h1-7H,(H,16,17). The second-order valence-corrected chi connectivity index (χ2v) is 5.00. The first-order valence-electron chi connectivity index (χ1n) is 5.51. The van der Waals surface area contributed by atoms with Gasteiger partial charge in [0.2, 0.25) is 5.43 Å². The fraction of sp³-hybridized carbons (Fsp3) is 0. The van der Waals surface area contributed by atoms with Crippen molar-refractivity contribution in [3.05, 3.63) is 57.6 Å². The molecule has 0 spiro atoms. The zero-order valence-electron chi connectivity index (χ0n) is 9.62. The van der Waals surface area contributed by atoms with Gasteiger partial charge in [-0.15, -0.1) is 11.3 Å². The number of fused-ring (bicyclic) bond motifs is 1. The van der Waals surface area contributed by atoms with Gasteiger partial charge in [0.15, 0.2) is 0 Å². The Bertz CT molecular complexity index is 814. The largest absolute Gasteiger partial charge is 0.477 e. The highest BCUT2D eigenvalue weighted by atomic mass is 32.1. The van der Waals surface area contributed by atoms with Crippen LogP contribution >= 0.6 is 11.3 Å². The molecule has 1 aromatic carbocycles. The molecule has 2 aromatic heterocycles. The van der Waals surface area contributed by atoms with Gasteiger partial charge in [-0.2, -0.15) is 0 Å². The second-order valence-electron chi connectivity index (χ2n) is 3.95. The lowest BCUT2D eigenvalue weighted by molar-refractivity contribution is 0.0702. The van der Waals surface area contributed by atoms with Crippen molar-refractivity contribution < 1.29 is 14.3 Å². The number of thiophene rings is 1. The predicted molar refractivity (Wildman–Crippen MR) is 72.8 cm³/mol. The Labute approximate surface area is 111 Å². The molecule has 0 bridgehead atoms. The maximum absolute atomic E-state index is 12.0. The van der Waals surface area contributed by atoms with Gasteiger partial charge in [-0.25, -0.2) is 4.79 Å². The summed E-state index contributed by atoms with van der Waals surface area (Å²) in [5.41, 5.74) is 0.871. The van der Waals surface area contributed by atoms with E-state index in [0.717, 1.165) is 16.9 Å². The molecule has 5 heteroatoms. The number of carboxylic acids is 1. The summed E-state index contributed by atoms with van der Waals surface area (Å²) in [6, 6.07) is 12.0. The van der Waals surface area contributed by atoms with Crippen molar-refractivity contribution in [1.82, 2.24) is 0 Å². The third-order valence-corrected chi connectivity index (χ3v) is 3.79. The van der Waals surface area contributed by atoms with Crippen LogP contribution in [0, 0.1) is 0 Å². The minimum atomic E-state index is -1.06. The second kappa shape index (κ2) is 4.37. The molecule has 3 aromatic rings. The summed E-state index contributed by atoms with van der Waals surface area (Å²) in [5.74, 6) is -0.620. The predicted octanol–water partition coefficient (Wildman–Crippen LogP) is 3.22. The lowest BCUT2D eigenvalue weighted by atomic mass is 10.1. The molecule has 1 N–H and O–H groups in total. The summed E-state index contributed by atoms with van der Waals surface area (Å²) in [4.78, 5) is 23.0. The van der Waals surface area contributed by atoms with Gasteiger partial charge in [0.05, 0.1) is 0 Å². The van der Waals surface area contributed by atoms with Gasteiger partial charge in [0.1, 0.15) is 20.9 Å². The van der Waals surface area contributed by atoms with Gasteiger partial charge in [-0.3, -0.25) is 4.79 Å². The van der Waals surface area contributed by atoms with Crippen LogP contribution < -0.4 is 5.43 Å². The Balaban J connectivity index is 2.25. The summed E-state index contributed by atoms with van der Waals surface area (Å²) >= 11 is 0.930.